The summed E-state index contributed by atoms with van der Waals surface area (Å²) in [6.45, 7) is 5.56. The van der Waals surface area contributed by atoms with Crippen LogP contribution in [0.1, 0.15) is 38.3 Å². The van der Waals surface area contributed by atoms with Crippen LogP contribution in [-0.4, -0.2) is 30.1 Å². The molecule has 7 nitrogen and oxygen atoms in total. The van der Waals surface area contributed by atoms with Crippen molar-refractivity contribution in [1.82, 2.24) is 10.6 Å². The second-order valence-corrected chi connectivity index (χ2v) is 7.96. The maximum atomic E-state index is 13.6. The molecule has 0 atom stereocenters. The van der Waals surface area contributed by atoms with Gasteiger partial charge in [0, 0.05) is 36.8 Å². The summed E-state index contributed by atoms with van der Waals surface area (Å²) in [5.74, 6) is -1.10. The van der Waals surface area contributed by atoms with Gasteiger partial charge in [-0.2, -0.15) is 0 Å². The number of hydrogen-bond acceptors (Lipinski definition) is 4. The number of hydrogen-bond donors (Lipinski definition) is 3. The van der Waals surface area contributed by atoms with Crippen LogP contribution in [0.2, 0.25) is 0 Å². The molecule has 3 amide bonds. The van der Waals surface area contributed by atoms with E-state index in [-0.39, 0.29) is 25.4 Å². The van der Waals surface area contributed by atoms with Gasteiger partial charge in [-0.05, 0) is 44.5 Å². The zero-order valence-corrected chi connectivity index (χ0v) is 18.4. The average molecular weight is 442 g/mol. The average Bonchev–Trinajstić information content (AvgIpc) is 2.71. The van der Waals surface area contributed by atoms with Crippen molar-refractivity contribution in [3.8, 4) is 0 Å². The molecule has 0 unspecified atom stereocenters. The number of anilines is 1. The Morgan fingerprint density at radius 2 is 1.69 bits per heavy atom. The highest BCUT2D eigenvalue weighted by atomic mass is 19.1. The third-order valence-electron chi connectivity index (χ3n) is 4.08. The fraction of sp³-hybridized carbons (Fsp3) is 0.292. The molecular formula is C24H28FN3O4. The van der Waals surface area contributed by atoms with Crippen LogP contribution in [0.5, 0.6) is 0 Å². The van der Waals surface area contributed by atoms with Crippen molar-refractivity contribution in [3.05, 3.63) is 71.6 Å². The molecule has 0 saturated carbocycles. The molecule has 0 radical (unpaired) electrons. The molecule has 2 aromatic carbocycles. The Bertz CT molecular complexity index is 983. The van der Waals surface area contributed by atoms with Crippen LogP contribution in [0.4, 0.5) is 14.9 Å². The monoisotopic (exact) mass is 441 g/mol. The lowest BCUT2D eigenvalue weighted by Crippen LogP contribution is -2.34. The van der Waals surface area contributed by atoms with Crippen molar-refractivity contribution in [3.63, 3.8) is 0 Å². The molecule has 32 heavy (non-hydrogen) atoms. The van der Waals surface area contributed by atoms with Crippen molar-refractivity contribution >= 4 is 29.7 Å². The minimum atomic E-state index is -0.611. The SMILES string of the molecule is CC(C)(C)OC(=O)NCCC(=O)Nc1ccccc1CNC(=O)/C=C/c1ccccc1F. The lowest BCUT2D eigenvalue weighted by Gasteiger charge is -2.19. The molecule has 0 heterocycles. The normalized spacial score (nSPS) is 11.1. The lowest BCUT2D eigenvalue weighted by molar-refractivity contribution is -0.117. The first kappa shape index (κ1) is 24.6. The van der Waals surface area contributed by atoms with Crippen LogP contribution in [0.3, 0.4) is 0 Å². The topological polar surface area (TPSA) is 96.5 Å². The van der Waals surface area contributed by atoms with Gasteiger partial charge in [0.2, 0.25) is 11.8 Å². The fourth-order valence-electron chi connectivity index (χ4n) is 2.62. The summed E-state index contributed by atoms with van der Waals surface area (Å²) in [7, 11) is 0. The van der Waals surface area contributed by atoms with Gasteiger partial charge in [-0.15, -0.1) is 0 Å². The Labute approximate surface area is 187 Å². The summed E-state index contributed by atoms with van der Waals surface area (Å²) >= 11 is 0. The first-order valence-corrected chi connectivity index (χ1v) is 10.2. The van der Waals surface area contributed by atoms with E-state index in [1.165, 1.54) is 18.2 Å². The zero-order valence-electron chi connectivity index (χ0n) is 18.4. The summed E-state index contributed by atoms with van der Waals surface area (Å²) in [6.07, 6.45) is 2.13. The highest BCUT2D eigenvalue weighted by molar-refractivity contribution is 5.93. The maximum Gasteiger partial charge on any atom is 0.407 e. The Hall–Kier alpha value is -3.68. The van der Waals surface area contributed by atoms with E-state index in [1.807, 2.05) is 0 Å². The van der Waals surface area contributed by atoms with Crippen LogP contribution in [0.15, 0.2) is 54.6 Å². The van der Waals surface area contributed by atoms with Gasteiger partial charge in [-0.1, -0.05) is 36.4 Å². The molecule has 0 aliphatic heterocycles. The lowest BCUT2D eigenvalue weighted by atomic mass is 10.1. The molecule has 0 bridgehead atoms. The van der Waals surface area contributed by atoms with Gasteiger partial charge in [0.25, 0.3) is 0 Å². The number of nitrogens with one attached hydrogen (secondary N) is 3. The van der Waals surface area contributed by atoms with E-state index in [9.17, 15) is 18.8 Å². The molecule has 8 heteroatoms. The number of rotatable bonds is 8. The number of ether oxygens (including phenoxy) is 1. The second-order valence-electron chi connectivity index (χ2n) is 7.96. The highest BCUT2D eigenvalue weighted by Crippen LogP contribution is 2.15. The predicted octanol–water partition coefficient (Wildman–Crippen LogP) is 4.01. The smallest absolute Gasteiger partial charge is 0.407 e. The zero-order chi connectivity index (χ0) is 23.6. The van der Waals surface area contributed by atoms with Gasteiger partial charge in [0.05, 0.1) is 0 Å². The number of para-hydroxylation sites is 1. The first-order valence-electron chi connectivity index (χ1n) is 10.2. The van der Waals surface area contributed by atoms with E-state index < -0.39 is 23.4 Å². The number of benzene rings is 2. The molecule has 0 aromatic heterocycles. The summed E-state index contributed by atoms with van der Waals surface area (Å²) in [6, 6.07) is 13.2. The summed E-state index contributed by atoms with van der Waals surface area (Å²) in [4.78, 5) is 35.9. The van der Waals surface area contributed by atoms with E-state index in [0.717, 1.165) is 0 Å². The standard InChI is InChI=1S/C24H28FN3O4/c1-24(2,3)32-23(31)26-15-14-22(30)28-20-11-7-5-9-18(20)16-27-21(29)13-12-17-8-4-6-10-19(17)25/h4-13H,14-16H2,1-3H3,(H,26,31)(H,27,29)(H,28,30)/b13-12+. The van der Waals surface area contributed by atoms with Crippen molar-refractivity contribution in [1.29, 1.82) is 0 Å². The van der Waals surface area contributed by atoms with Crippen molar-refractivity contribution < 1.29 is 23.5 Å². The number of alkyl carbamates (subject to hydrolysis) is 1. The van der Waals surface area contributed by atoms with E-state index in [1.54, 1.807) is 63.2 Å². The number of halogens is 1. The van der Waals surface area contributed by atoms with Crippen molar-refractivity contribution in [2.24, 2.45) is 0 Å². The largest absolute Gasteiger partial charge is 0.444 e. The Kier molecular flexibility index (Phi) is 8.95. The van der Waals surface area contributed by atoms with Gasteiger partial charge in [-0.25, -0.2) is 9.18 Å². The number of carbonyl (C=O) groups is 3. The summed E-state index contributed by atoms with van der Waals surface area (Å²) < 4.78 is 18.7. The second kappa shape index (κ2) is 11.6. The van der Waals surface area contributed by atoms with Crippen LogP contribution in [0.25, 0.3) is 6.08 Å². The Morgan fingerprint density at radius 3 is 2.41 bits per heavy atom. The van der Waals surface area contributed by atoms with E-state index in [0.29, 0.717) is 16.8 Å². The first-order chi connectivity index (χ1) is 15.1. The quantitative estimate of drug-likeness (QED) is 0.540. The molecule has 0 aliphatic rings. The molecule has 0 fully saturated rings. The summed E-state index contributed by atoms with van der Waals surface area (Å²) in [5.41, 5.74) is 0.956. The Morgan fingerprint density at radius 1 is 1.00 bits per heavy atom. The molecule has 0 saturated heterocycles. The molecule has 0 spiro atoms. The molecule has 170 valence electrons. The maximum absolute atomic E-state index is 13.6. The van der Waals surface area contributed by atoms with Crippen molar-refractivity contribution in [2.75, 3.05) is 11.9 Å². The van der Waals surface area contributed by atoms with E-state index >= 15 is 0 Å². The molecule has 0 aliphatic carbocycles. The molecule has 2 aromatic rings. The van der Waals surface area contributed by atoms with Crippen LogP contribution < -0.4 is 16.0 Å². The van der Waals surface area contributed by atoms with Gasteiger partial charge < -0.3 is 20.7 Å². The van der Waals surface area contributed by atoms with Gasteiger partial charge >= 0.3 is 6.09 Å². The minimum Gasteiger partial charge on any atom is -0.444 e. The molecular weight excluding hydrogens is 413 g/mol. The van der Waals surface area contributed by atoms with Crippen LogP contribution in [-0.2, 0) is 20.9 Å². The third-order valence-corrected chi connectivity index (χ3v) is 4.08. The number of carbonyl (C=O) groups excluding carboxylic acids is 3. The van der Waals surface area contributed by atoms with Gasteiger partial charge in [0.15, 0.2) is 0 Å². The van der Waals surface area contributed by atoms with E-state index in [2.05, 4.69) is 16.0 Å². The van der Waals surface area contributed by atoms with Crippen molar-refractivity contribution in [2.45, 2.75) is 39.3 Å². The molecule has 3 N–H and O–H groups in total. The Balaban J connectivity index is 1.84. The molecule has 2 rings (SSSR count). The van der Waals surface area contributed by atoms with Crippen LogP contribution >= 0.6 is 0 Å². The van der Waals surface area contributed by atoms with E-state index in [4.69, 9.17) is 4.74 Å². The fourth-order valence-corrected chi connectivity index (χ4v) is 2.62. The van der Waals surface area contributed by atoms with Gasteiger partial charge in [0.1, 0.15) is 11.4 Å². The number of amides is 3. The highest BCUT2D eigenvalue weighted by Gasteiger charge is 2.16. The van der Waals surface area contributed by atoms with Gasteiger partial charge in [-0.3, -0.25) is 9.59 Å². The predicted molar refractivity (Wildman–Crippen MR) is 121 cm³/mol. The third kappa shape index (κ3) is 8.99. The minimum absolute atomic E-state index is 0.0608. The summed E-state index contributed by atoms with van der Waals surface area (Å²) in [5, 5.41) is 8.01. The van der Waals surface area contributed by atoms with Crippen LogP contribution in [0, 0.1) is 5.82 Å².